The predicted molar refractivity (Wildman–Crippen MR) is 81.8 cm³/mol. The van der Waals surface area contributed by atoms with Crippen molar-refractivity contribution in [3.63, 3.8) is 0 Å². The molecule has 0 fully saturated rings. The van der Waals surface area contributed by atoms with Gasteiger partial charge in [0.15, 0.2) is 0 Å². The maximum atomic E-state index is 5.68. The third-order valence-electron chi connectivity index (χ3n) is 3.44. The van der Waals surface area contributed by atoms with Gasteiger partial charge in [-0.15, -0.1) is 0 Å². The molecule has 2 heteroatoms. The van der Waals surface area contributed by atoms with Crippen molar-refractivity contribution in [3.8, 4) is 0 Å². The van der Waals surface area contributed by atoms with Crippen LogP contribution in [0.1, 0.15) is 18.1 Å². The second-order valence-corrected chi connectivity index (χ2v) is 4.80. The van der Waals surface area contributed by atoms with Gasteiger partial charge in [-0.3, -0.25) is 0 Å². The molecule has 102 valence electrons. The number of hydrogen-bond donors (Lipinski definition) is 1. The highest BCUT2D eigenvalue weighted by atomic mass is 16.5. The van der Waals surface area contributed by atoms with Crippen LogP contribution >= 0.6 is 0 Å². The lowest BCUT2D eigenvalue weighted by Crippen LogP contribution is -2.19. The van der Waals surface area contributed by atoms with Crippen LogP contribution in [0.15, 0.2) is 36.4 Å². The van der Waals surface area contributed by atoms with E-state index in [4.69, 9.17) is 4.74 Å². The summed E-state index contributed by atoms with van der Waals surface area (Å²) in [6.45, 7) is 7.81. The zero-order chi connectivity index (χ0) is 13.5. The summed E-state index contributed by atoms with van der Waals surface area (Å²) in [6.07, 6.45) is 0.985. The van der Waals surface area contributed by atoms with Crippen LogP contribution in [-0.2, 0) is 11.2 Å². The minimum atomic E-state index is 0.789. The third kappa shape index (κ3) is 3.79. The van der Waals surface area contributed by atoms with Crippen molar-refractivity contribution in [1.29, 1.82) is 0 Å². The molecule has 0 spiro atoms. The largest absolute Gasteiger partial charge is 0.380 e. The van der Waals surface area contributed by atoms with E-state index in [9.17, 15) is 0 Å². The third-order valence-corrected chi connectivity index (χ3v) is 3.44. The van der Waals surface area contributed by atoms with Crippen LogP contribution in [0.5, 0.6) is 0 Å². The van der Waals surface area contributed by atoms with Crippen LogP contribution in [0.25, 0.3) is 10.8 Å². The van der Waals surface area contributed by atoms with Crippen LogP contribution in [0.2, 0.25) is 0 Å². The summed E-state index contributed by atoms with van der Waals surface area (Å²) >= 11 is 0. The molecule has 0 aliphatic carbocycles. The quantitative estimate of drug-likeness (QED) is 0.768. The minimum absolute atomic E-state index is 0.789. The molecule has 0 saturated heterocycles. The monoisotopic (exact) mass is 257 g/mol. The van der Waals surface area contributed by atoms with Crippen molar-refractivity contribution >= 4 is 10.8 Å². The van der Waals surface area contributed by atoms with Gasteiger partial charge in [-0.05, 0) is 41.8 Å². The molecule has 0 saturated carbocycles. The van der Waals surface area contributed by atoms with Gasteiger partial charge >= 0.3 is 0 Å². The highest BCUT2D eigenvalue weighted by Crippen LogP contribution is 2.22. The summed E-state index contributed by atoms with van der Waals surface area (Å²) in [5.74, 6) is 0. The molecule has 0 aliphatic rings. The highest BCUT2D eigenvalue weighted by molar-refractivity contribution is 5.86. The van der Waals surface area contributed by atoms with Crippen LogP contribution in [0.3, 0.4) is 0 Å². The number of nitrogens with one attached hydrogen (secondary N) is 1. The fourth-order valence-electron chi connectivity index (χ4n) is 2.37. The lowest BCUT2D eigenvalue weighted by molar-refractivity contribution is 0.139. The Morgan fingerprint density at radius 3 is 2.74 bits per heavy atom. The molecule has 0 atom stereocenters. The molecule has 2 aromatic carbocycles. The summed E-state index contributed by atoms with van der Waals surface area (Å²) in [5, 5.41) is 5.94. The van der Waals surface area contributed by atoms with Gasteiger partial charge in [0.1, 0.15) is 0 Å². The van der Waals surface area contributed by atoms with Crippen molar-refractivity contribution in [2.45, 2.75) is 20.3 Å². The van der Waals surface area contributed by atoms with E-state index in [1.165, 1.54) is 21.9 Å². The van der Waals surface area contributed by atoms with Gasteiger partial charge < -0.3 is 10.1 Å². The number of aryl methyl sites for hydroxylation is 1. The highest BCUT2D eigenvalue weighted by Gasteiger charge is 2.04. The zero-order valence-corrected chi connectivity index (χ0v) is 11.9. The molecule has 0 aliphatic heterocycles. The van der Waals surface area contributed by atoms with E-state index in [2.05, 4.69) is 55.6 Å². The van der Waals surface area contributed by atoms with Gasteiger partial charge in [0, 0.05) is 6.54 Å². The zero-order valence-electron chi connectivity index (χ0n) is 11.9. The number of fused-ring (bicyclic) bond motifs is 1. The fraction of sp³-hybridized carbons (Fsp3) is 0.412. The molecule has 0 heterocycles. The first-order valence-corrected chi connectivity index (χ1v) is 7.08. The molecular weight excluding hydrogens is 234 g/mol. The average molecular weight is 257 g/mol. The Kier molecular flexibility index (Phi) is 5.37. The molecule has 2 nitrogen and oxygen atoms in total. The van der Waals surface area contributed by atoms with Gasteiger partial charge in [0.05, 0.1) is 13.2 Å². The van der Waals surface area contributed by atoms with E-state index in [0.717, 1.165) is 32.7 Å². The Morgan fingerprint density at radius 2 is 1.89 bits per heavy atom. The Bertz CT molecular complexity index is 522. The molecule has 0 unspecified atom stereocenters. The normalized spacial score (nSPS) is 11.1. The second kappa shape index (κ2) is 7.27. The topological polar surface area (TPSA) is 21.3 Å². The molecule has 0 amide bonds. The smallest absolute Gasteiger partial charge is 0.0591 e. The lowest BCUT2D eigenvalue weighted by atomic mass is 9.98. The number of likely N-dealkylation sites (N-methyl/N-ethyl adjacent to an activating group) is 1. The molecule has 19 heavy (non-hydrogen) atoms. The summed E-state index contributed by atoms with van der Waals surface area (Å²) < 4.78 is 5.68. The molecule has 0 radical (unpaired) electrons. The minimum Gasteiger partial charge on any atom is -0.380 e. The Hall–Kier alpha value is -1.38. The van der Waals surface area contributed by atoms with Gasteiger partial charge in [0.2, 0.25) is 0 Å². The summed E-state index contributed by atoms with van der Waals surface area (Å²) in [6, 6.07) is 13.0. The van der Waals surface area contributed by atoms with Gasteiger partial charge in [-0.1, -0.05) is 43.3 Å². The van der Waals surface area contributed by atoms with E-state index < -0.39 is 0 Å². The van der Waals surface area contributed by atoms with Crippen LogP contribution in [-0.4, -0.2) is 26.3 Å². The van der Waals surface area contributed by atoms with Gasteiger partial charge in [0.25, 0.3) is 0 Å². The summed E-state index contributed by atoms with van der Waals surface area (Å²) in [7, 11) is 0. The van der Waals surface area contributed by atoms with Crippen molar-refractivity contribution in [2.75, 3.05) is 26.3 Å². The predicted octanol–water partition coefficient (Wildman–Crippen LogP) is 3.32. The fourth-order valence-corrected chi connectivity index (χ4v) is 2.37. The van der Waals surface area contributed by atoms with Crippen molar-refractivity contribution in [3.05, 3.63) is 47.5 Å². The summed E-state index contributed by atoms with van der Waals surface area (Å²) in [5.41, 5.74) is 2.77. The van der Waals surface area contributed by atoms with E-state index in [-0.39, 0.29) is 0 Å². The standard InChI is InChI=1S/C17H23NO/c1-3-18-11-13-19-12-10-16-14(2)8-9-15-6-4-5-7-17(15)16/h4-9,18H,3,10-13H2,1-2H3. The molecular formula is C17H23NO. The Balaban J connectivity index is 1.98. The second-order valence-electron chi connectivity index (χ2n) is 4.80. The molecule has 0 bridgehead atoms. The van der Waals surface area contributed by atoms with Crippen LogP contribution in [0, 0.1) is 6.92 Å². The van der Waals surface area contributed by atoms with Crippen molar-refractivity contribution in [2.24, 2.45) is 0 Å². The maximum absolute atomic E-state index is 5.68. The van der Waals surface area contributed by atoms with E-state index in [1.807, 2.05) is 0 Å². The van der Waals surface area contributed by atoms with Crippen LogP contribution in [0.4, 0.5) is 0 Å². The molecule has 2 rings (SSSR count). The number of rotatable bonds is 7. The van der Waals surface area contributed by atoms with Crippen LogP contribution < -0.4 is 5.32 Å². The number of benzene rings is 2. The first-order valence-electron chi connectivity index (χ1n) is 7.08. The van der Waals surface area contributed by atoms with Gasteiger partial charge in [-0.2, -0.15) is 0 Å². The van der Waals surface area contributed by atoms with E-state index in [1.54, 1.807) is 0 Å². The Labute approximate surface area is 115 Å². The van der Waals surface area contributed by atoms with E-state index in [0.29, 0.717) is 0 Å². The average Bonchev–Trinajstić information content (AvgIpc) is 2.44. The first-order chi connectivity index (χ1) is 9.33. The number of ether oxygens (including phenoxy) is 1. The molecule has 1 N–H and O–H groups in total. The molecule has 2 aromatic rings. The van der Waals surface area contributed by atoms with E-state index >= 15 is 0 Å². The Morgan fingerprint density at radius 1 is 1.05 bits per heavy atom. The number of hydrogen-bond acceptors (Lipinski definition) is 2. The summed E-state index contributed by atoms with van der Waals surface area (Å²) in [4.78, 5) is 0. The molecule has 0 aromatic heterocycles. The van der Waals surface area contributed by atoms with Crippen molar-refractivity contribution < 1.29 is 4.74 Å². The first kappa shape index (κ1) is 14.0. The lowest BCUT2D eigenvalue weighted by Gasteiger charge is -2.11. The SMILES string of the molecule is CCNCCOCCc1c(C)ccc2ccccc12. The van der Waals surface area contributed by atoms with Crippen molar-refractivity contribution in [1.82, 2.24) is 5.32 Å². The van der Waals surface area contributed by atoms with Gasteiger partial charge in [-0.25, -0.2) is 0 Å². The maximum Gasteiger partial charge on any atom is 0.0591 e.